The Morgan fingerprint density at radius 1 is 1.18 bits per heavy atom. The van der Waals surface area contributed by atoms with E-state index < -0.39 is 0 Å². The Morgan fingerprint density at radius 3 is 2.76 bits per heavy atom. The van der Waals surface area contributed by atoms with Gasteiger partial charge in [0.25, 0.3) is 0 Å². The van der Waals surface area contributed by atoms with E-state index in [0.717, 1.165) is 30.7 Å². The summed E-state index contributed by atoms with van der Waals surface area (Å²) in [5.41, 5.74) is 7.19. The van der Waals surface area contributed by atoms with Gasteiger partial charge in [0, 0.05) is 17.5 Å². The standard InChI is InChI=1S/C14H17N3/c15-14(8-3-9-14)10-16-13-7-6-11-4-1-2-5-12(11)17-13/h1-2,4-7H,3,8-10,15H2,(H,16,17). The average molecular weight is 227 g/mol. The third kappa shape index (κ3) is 2.11. The molecule has 0 unspecified atom stereocenters. The van der Waals surface area contributed by atoms with Gasteiger partial charge in [-0.25, -0.2) is 4.98 Å². The Hall–Kier alpha value is -1.61. The lowest BCUT2D eigenvalue weighted by atomic mass is 9.78. The van der Waals surface area contributed by atoms with E-state index in [1.54, 1.807) is 0 Å². The van der Waals surface area contributed by atoms with Crippen molar-refractivity contribution in [3.05, 3.63) is 36.4 Å². The fraction of sp³-hybridized carbons (Fsp3) is 0.357. The number of anilines is 1. The summed E-state index contributed by atoms with van der Waals surface area (Å²) in [6.45, 7) is 0.818. The van der Waals surface area contributed by atoms with Crippen LogP contribution in [-0.2, 0) is 0 Å². The molecule has 88 valence electrons. The van der Waals surface area contributed by atoms with Crippen LogP contribution in [0.3, 0.4) is 0 Å². The number of pyridine rings is 1. The largest absolute Gasteiger partial charge is 0.368 e. The molecule has 3 heteroatoms. The molecular weight excluding hydrogens is 210 g/mol. The van der Waals surface area contributed by atoms with Crippen LogP contribution in [0.4, 0.5) is 5.82 Å². The summed E-state index contributed by atoms with van der Waals surface area (Å²) in [5.74, 6) is 0.917. The van der Waals surface area contributed by atoms with E-state index in [4.69, 9.17) is 5.73 Å². The SMILES string of the molecule is NC1(CNc2ccc3ccccc3n2)CCC1. The van der Waals surface area contributed by atoms with Crippen LogP contribution < -0.4 is 11.1 Å². The number of benzene rings is 1. The maximum absolute atomic E-state index is 6.17. The third-order valence-electron chi connectivity index (χ3n) is 3.57. The fourth-order valence-electron chi connectivity index (χ4n) is 2.24. The summed E-state index contributed by atoms with van der Waals surface area (Å²) in [5, 5.41) is 4.51. The van der Waals surface area contributed by atoms with Gasteiger partial charge < -0.3 is 11.1 Å². The highest BCUT2D eigenvalue weighted by Crippen LogP contribution is 2.29. The van der Waals surface area contributed by atoms with E-state index in [0.29, 0.717) is 0 Å². The Bertz CT molecular complexity index is 532. The number of nitrogens with zero attached hydrogens (tertiary/aromatic N) is 1. The third-order valence-corrected chi connectivity index (χ3v) is 3.57. The smallest absolute Gasteiger partial charge is 0.126 e. The van der Waals surface area contributed by atoms with Crippen molar-refractivity contribution in [1.29, 1.82) is 0 Å². The molecule has 0 bridgehead atoms. The molecule has 0 atom stereocenters. The molecule has 17 heavy (non-hydrogen) atoms. The monoisotopic (exact) mass is 227 g/mol. The van der Waals surface area contributed by atoms with Gasteiger partial charge in [0.15, 0.2) is 0 Å². The van der Waals surface area contributed by atoms with Crippen LogP contribution in [-0.4, -0.2) is 17.1 Å². The van der Waals surface area contributed by atoms with Gasteiger partial charge in [-0.1, -0.05) is 18.2 Å². The second-order valence-corrected chi connectivity index (χ2v) is 4.96. The van der Waals surface area contributed by atoms with Gasteiger partial charge in [0.1, 0.15) is 5.82 Å². The van der Waals surface area contributed by atoms with Crippen LogP contribution in [0.25, 0.3) is 10.9 Å². The molecule has 3 rings (SSSR count). The molecule has 1 aromatic carbocycles. The van der Waals surface area contributed by atoms with Gasteiger partial charge in [-0.2, -0.15) is 0 Å². The van der Waals surface area contributed by atoms with Crippen molar-refractivity contribution in [3.63, 3.8) is 0 Å². The van der Waals surface area contributed by atoms with Gasteiger partial charge in [0.05, 0.1) is 5.52 Å². The highest BCUT2D eigenvalue weighted by molar-refractivity contribution is 5.80. The van der Waals surface area contributed by atoms with E-state index >= 15 is 0 Å². The maximum Gasteiger partial charge on any atom is 0.126 e. The Kier molecular flexibility index (Phi) is 2.48. The van der Waals surface area contributed by atoms with Gasteiger partial charge in [0.2, 0.25) is 0 Å². The summed E-state index contributed by atoms with van der Waals surface area (Å²) >= 11 is 0. The molecule has 0 amide bonds. The minimum atomic E-state index is -0.00662. The van der Waals surface area contributed by atoms with Crippen LogP contribution in [0.5, 0.6) is 0 Å². The number of hydrogen-bond acceptors (Lipinski definition) is 3. The second kappa shape index (κ2) is 4.00. The lowest BCUT2D eigenvalue weighted by molar-refractivity contribution is 0.265. The van der Waals surface area contributed by atoms with Crippen LogP contribution in [0.1, 0.15) is 19.3 Å². The molecule has 2 aromatic rings. The van der Waals surface area contributed by atoms with Gasteiger partial charge in [-0.05, 0) is 37.5 Å². The van der Waals surface area contributed by atoms with E-state index in [9.17, 15) is 0 Å². The van der Waals surface area contributed by atoms with Gasteiger partial charge >= 0.3 is 0 Å². The van der Waals surface area contributed by atoms with Crippen molar-refractivity contribution in [1.82, 2.24) is 4.98 Å². The summed E-state index contributed by atoms with van der Waals surface area (Å²) in [4.78, 5) is 4.57. The minimum Gasteiger partial charge on any atom is -0.368 e. The van der Waals surface area contributed by atoms with Crippen molar-refractivity contribution < 1.29 is 0 Å². The summed E-state index contributed by atoms with van der Waals surface area (Å²) < 4.78 is 0. The topological polar surface area (TPSA) is 50.9 Å². The van der Waals surface area contributed by atoms with E-state index in [2.05, 4.69) is 22.4 Å². The van der Waals surface area contributed by atoms with Crippen LogP contribution in [0.2, 0.25) is 0 Å². The molecule has 0 spiro atoms. The number of fused-ring (bicyclic) bond motifs is 1. The molecule has 3 N–H and O–H groups in total. The highest BCUT2D eigenvalue weighted by Gasteiger charge is 2.32. The Labute approximate surface area is 101 Å². The molecular formula is C14H17N3. The van der Waals surface area contributed by atoms with E-state index in [1.807, 2.05) is 24.3 Å². The first-order valence-corrected chi connectivity index (χ1v) is 6.14. The van der Waals surface area contributed by atoms with Crippen molar-refractivity contribution in [2.45, 2.75) is 24.8 Å². The highest BCUT2D eigenvalue weighted by atomic mass is 15.0. The van der Waals surface area contributed by atoms with E-state index in [-0.39, 0.29) is 5.54 Å². The summed E-state index contributed by atoms with van der Waals surface area (Å²) in [7, 11) is 0. The van der Waals surface area contributed by atoms with Crippen LogP contribution >= 0.6 is 0 Å². The molecule has 1 fully saturated rings. The normalized spacial score (nSPS) is 17.7. The minimum absolute atomic E-state index is 0.00662. The number of para-hydroxylation sites is 1. The van der Waals surface area contributed by atoms with Gasteiger partial charge in [-0.15, -0.1) is 0 Å². The number of rotatable bonds is 3. The summed E-state index contributed by atoms with van der Waals surface area (Å²) in [6.07, 6.45) is 3.49. The molecule has 0 aliphatic heterocycles. The quantitative estimate of drug-likeness (QED) is 0.847. The lowest BCUT2D eigenvalue weighted by Crippen LogP contribution is -2.52. The number of nitrogens with one attached hydrogen (secondary N) is 1. The fourth-order valence-corrected chi connectivity index (χ4v) is 2.24. The number of nitrogens with two attached hydrogens (primary N) is 1. The number of aromatic nitrogens is 1. The van der Waals surface area contributed by atoms with Crippen molar-refractivity contribution in [3.8, 4) is 0 Å². The molecule has 1 saturated carbocycles. The molecule has 3 nitrogen and oxygen atoms in total. The maximum atomic E-state index is 6.17. The number of hydrogen-bond donors (Lipinski definition) is 2. The Balaban J connectivity index is 1.76. The zero-order valence-electron chi connectivity index (χ0n) is 9.82. The van der Waals surface area contributed by atoms with Crippen molar-refractivity contribution in [2.75, 3.05) is 11.9 Å². The lowest BCUT2D eigenvalue weighted by Gasteiger charge is -2.38. The van der Waals surface area contributed by atoms with E-state index in [1.165, 1.54) is 11.8 Å². The zero-order chi connectivity index (χ0) is 11.7. The predicted molar refractivity (Wildman–Crippen MR) is 71.0 cm³/mol. The molecule has 0 saturated heterocycles. The molecule has 1 aromatic heterocycles. The molecule has 0 radical (unpaired) electrons. The van der Waals surface area contributed by atoms with Crippen LogP contribution in [0.15, 0.2) is 36.4 Å². The predicted octanol–water partition coefficient (Wildman–Crippen LogP) is 2.53. The average Bonchev–Trinajstić information content (AvgIpc) is 2.34. The zero-order valence-corrected chi connectivity index (χ0v) is 9.82. The van der Waals surface area contributed by atoms with Crippen molar-refractivity contribution >= 4 is 16.7 Å². The van der Waals surface area contributed by atoms with Gasteiger partial charge in [-0.3, -0.25) is 0 Å². The second-order valence-electron chi connectivity index (χ2n) is 4.96. The molecule has 1 heterocycles. The first kappa shape index (κ1) is 10.5. The molecule has 1 aliphatic carbocycles. The summed E-state index contributed by atoms with van der Waals surface area (Å²) in [6, 6.07) is 12.2. The first-order chi connectivity index (χ1) is 8.25. The van der Waals surface area contributed by atoms with Crippen molar-refractivity contribution in [2.24, 2.45) is 5.73 Å². The Morgan fingerprint density at radius 2 is 2.00 bits per heavy atom. The first-order valence-electron chi connectivity index (χ1n) is 6.14. The molecule has 1 aliphatic rings. The van der Waals surface area contributed by atoms with Crippen LogP contribution in [0, 0.1) is 0 Å².